The Morgan fingerprint density at radius 2 is 1.76 bits per heavy atom. The summed E-state index contributed by atoms with van der Waals surface area (Å²) in [5.74, 6) is 0.260. The molecule has 1 N–H and O–H groups in total. The van der Waals surface area contributed by atoms with E-state index in [0.29, 0.717) is 22.1 Å². The predicted molar refractivity (Wildman–Crippen MR) is 147 cm³/mol. The minimum Gasteiger partial charge on any atom is -0.465 e. The van der Waals surface area contributed by atoms with E-state index in [1.54, 1.807) is 18.2 Å². The highest BCUT2D eigenvalue weighted by molar-refractivity contribution is 6.30. The molecule has 0 aliphatic heterocycles. The third-order valence-electron chi connectivity index (χ3n) is 6.91. The van der Waals surface area contributed by atoms with Gasteiger partial charge in [-0.3, -0.25) is 4.90 Å². The normalized spacial score (nSPS) is 13.9. The fourth-order valence-electron chi connectivity index (χ4n) is 4.96. The summed E-state index contributed by atoms with van der Waals surface area (Å²) < 4.78 is 6.70. The lowest BCUT2D eigenvalue weighted by atomic mass is 9.94. The van der Waals surface area contributed by atoms with Crippen LogP contribution in [0.5, 0.6) is 0 Å². The highest BCUT2D eigenvalue weighted by Gasteiger charge is 2.32. The Morgan fingerprint density at radius 3 is 2.49 bits per heavy atom. The van der Waals surface area contributed by atoms with Gasteiger partial charge in [0.2, 0.25) is 0 Å². The van der Waals surface area contributed by atoms with E-state index in [0.717, 1.165) is 54.3 Å². The molecule has 1 fully saturated rings. The lowest BCUT2D eigenvalue weighted by molar-refractivity contribution is 0.0600. The molecular formula is C29H29ClN4O3. The van der Waals surface area contributed by atoms with Gasteiger partial charge in [0.1, 0.15) is 5.82 Å². The molecule has 0 atom stereocenters. The van der Waals surface area contributed by atoms with Crippen molar-refractivity contribution in [3.63, 3.8) is 0 Å². The van der Waals surface area contributed by atoms with Gasteiger partial charge in [-0.05, 0) is 73.9 Å². The quantitative estimate of drug-likeness (QED) is 0.286. The monoisotopic (exact) mass is 516 g/mol. The molecule has 5 rings (SSSR count). The Labute approximate surface area is 221 Å². The van der Waals surface area contributed by atoms with Crippen LogP contribution < -0.4 is 10.2 Å². The van der Waals surface area contributed by atoms with Gasteiger partial charge in [0.15, 0.2) is 0 Å². The van der Waals surface area contributed by atoms with Gasteiger partial charge in [0.05, 0.1) is 23.9 Å². The van der Waals surface area contributed by atoms with Gasteiger partial charge in [-0.25, -0.2) is 14.3 Å². The smallest absolute Gasteiger partial charge is 0.337 e. The number of halogens is 1. The summed E-state index contributed by atoms with van der Waals surface area (Å²) in [7, 11) is 1.34. The number of ether oxygens (including phenoxy) is 1. The average Bonchev–Trinajstić information content (AvgIpc) is 3.30. The van der Waals surface area contributed by atoms with Crippen molar-refractivity contribution in [3.05, 3.63) is 82.9 Å². The summed E-state index contributed by atoms with van der Waals surface area (Å²) in [6.45, 7) is 1.90. The molecule has 8 heteroatoms. The number of aromatic nitrogens is 2. The van der Waals surface area contributed by atoms with Crippen LogP contribution in [0.1, 0.15) is 48.0 Å². The summed E-state index contributed by atoms with van der Waals surface area (Å²) in [5, 5.41) is 9.48. The topological polar surface area (TPSA) is 76.5 Å². The van der Waals surface area contributed by atoms with Crippen LogP contribution in [-0.2, 0) is 4.74 Å². The van der Waals surface area contributed by atoms with E-state index in [9.17, 15) is 9.59 Å². The molecule has 0 bridgehead atoms. The number of amides is 2. The number of methoxy groups -OCH3 is 1. The first-order chi connectivity index (χ1) is 18.0. The van der Waals surface area contributed by atoms with Crippen molar-refractivity contribution in [1.29, 1.82) is 0 Å². The van der Waals surface area contributed by atoms with Gasteiger partial charge < -0.3 is 10.1 Å². The second-order valence-electron chi connectivity index (χ2n) is 9.34. The fourth-order valence-corrected chi connectivity index (χ4v) is 5.09. The number of hydrogen-bond donors (Lipinski definition) is 1. The Bertz CT molecular complexity index is 1440. The van der Waals surface area contributed by atoms with E-state index in [4.69, 9.17) is 21.4 Å². The molecule has 1 aliphatic carbocycles. The zero-order valence-electron chi connectivity index (χ0n) is 20.9. The van der Waals surface area contributed by atoms with Gasteiger partial charge in [-0.1, -0.05) is 49.1 Å². The highest BCUT2D eigenvalue weighted by atomic mass is 35.5. The molecule has 1 aromatic heterocycles. The predicted octanol–water partition coefficient (Wildman–Crippen LogP) is 7.15. The molecule has 1 heterocycles. The van der Waals surface area contributed by atoms with Crippen LogP contribution in [-0.4, -0.2) is 34.9 Å². The van der Waals surface area contributed by atoms with Gasteiger partial charge in [-0.2, -0.15) is 5.10 Å². The summed E-state index contributed by atoms with van der Waals surface area (Å²) in [5.41, 5.74) is 3.40. The van der Waals surface area contributed by atoms with Gasteiger partial charge in [-0.15, -0.1) is 0 Å². The van der Waals surface area contributed by atoms with Crippen LogP contribution in [0.15, 0.2) is 66.7 Å². The number of urea groups is 1. The van der Waals surface area contributed by atoms with Crippen molar-refractivity contribution in [1.82, 2.24) is 9.78 Å². The number of rotatable bonds is 5. The van der Waals surface area contributed by atoms with Crippen LogP contribution in [0.25, 0.3) is 16.6 Å². The molecule has 7 nitrogen and oxygen atoms in total. The summed E-state index contributed by atoms with van der Waals surface area (Å²) in [6, 6.07) is 20.2. The van der Waals surface area contributed by atoms with Crippen molar-refractivity contribution in [2.75, 3.05) is 17.3 Å². The zero-order valence-corrected chi connectivity index (χ0v) is 21.7. The molecule has 37 heavy (non-hydrogen) atoms. The van der Waals surface area contributed by atoms with Crippen LogP contribution in [0.2, 0.25) is 5.02 Å². The number of carbonyl (C=O) groups excluding carboxylic acids is 2. The maximum absolute atomic E-state index is 14.1. The maximum Gasteiger partial charge on any atom is 0.337 e. The van der Waals surface area contributed by atoms with Gasteiger partial charge in [0, 0.05) is 22.1 Å². The number of nitrogens with one attached hydrogen (secondary N) is 1. The number of esters is 1. The molecule has 0 radical (unpaired) electrons. The molecule has 190 valence electrons. The van der Waals surface area contributed by atoms with Crippen LogP contribution in [0, 0.1) is 6.92 Å². The Morgan fingerprint density at radius 1 is 1.03 bits per heavy atom. The van der Waals surface area contributed by atoms with Crippen molar-refractivity contribution in [2.24, 2.45) is 0 Å². The average molecular weight is 517 g/mol. The Kier molecular flexibility index (Phi) is 7.15. The molecule has 0 spiro atoms. The van der Waals surface area contributed by atoms with Crippen molar-refractivity contribution in [2.45, 2.75) is 45.1 Å². The van der Waals surface area contributed by atoms with Gasteiger partial charge in [0.25, 0.3) is 0 Å². The number of aryl methyl sites for hydroxylation is 1. The molecule has 0 unspecified atom stereocenters. The maximum atomic E-state index is 14.1. The molecule has 1 aliphatic rings. The third-order valence-corrected chi connectivity index (χ3v) is 7.16. The SMILES string of the molecule is COC(=O)c1ccc(C)c(NC(=O)N(c2c3ccccc3nn2-c2ccc(Cl)cc2)C2CCCCC2)c1. The van der Waals surface area contributed by atoms with E-state index < -0.39 is 5.97 Å². The largest absolute Gasteiger partial charge is 0.465 e. The number of anilines is 2. The third kappa shape index (κ3) is 5.04. The molecule has 0 saturated heterocycles. The number of fused-ring (bicyclic) bond motifs is 1. The van der Waals surface area contributed by atoms with E-state index in [-0.39, 0.29) is 12.1 Å². The Balaban J connectivity index is 1.63. The molecule has 2 amide bonds. The number of benzene rings is 3. The minimum absolute atomic E-state index is 0.00371. The van der Waals surface area contributed by atoms with E-state index in [2.05, 4.69) is 5.32 Å². The molecule has 1 saturated carbocycles. The van der Waals surface area contributed by atoms with Crippen LogP contribution >= 0.6 is 11.6 Å². The van der Waals surface area contributed by atoms with Crippen molar-refractivity contribution in [3.8, 4) is 5.69 Å². The van der Waals surface area contributed by atoms with Crippen molar-refractivity contribution < 1.29 is 14.3 Å². The lowest BCUT2D eigenvalue weighted by Gasteiger charge is -2.34. The van der Waals surface area contributed by atoms with E-state index in [1.165, 1.54) is 7.11 Å². The molecular weight excluding hydrogens is 488 g/mol. The fraction of sp³-hybridized carbons (Fsp3) is 0.276. The summed E-state index contributed by atoms with van der Waals surface area (Å²) >= 11 is 6.17. The standard InChI is InChI=1S/C29H29ClN4O3/c1-19-12-13-20(28(35)37-2)18-26(19)31-29(36)33(22-8-4-3-5-9-22)27-24-10-6-7-11-25(24)32-34(27)23-16-14-21(30)15-17-23/h6-7,10-18,22H,3-5,8-9H2,1-2H3,(H,31,36). The number of hydrogen-bond acceptors (Lipinski definition) is 4. The van der Waals surface area contributed by atoms with Crippen molar-refractivity contribution >= 4 is 46.0 Å². The molecule has 4 aromatic rings. The Hall–Kier alpha value is -3.84. The van der Waals surface area contributed by atoms with Gasteiger partial charge >= 0.3 is 12.0 Å². The zero-order chi connectivity index (χ0) is 25.9. The number of carbonyl (C=O) groups is 2. The highest BCUT2D eigenvalue weighted by Crippen LogP contribution is 2.35. The minimum atomic E-state index is -0.452. The number of nitrogens with zero attached hydrogens (tertiary/aromatic N) is 3. The second kappa shape index (κ2) is 10.6. The second-order valence-corrected chi connectivity index (χ2v) is 9.78. The first kappa shape index (κ1) is 24.8. The summed E-state index contributed by atoms with van der Waals surface area (Å²) in [6.07, 6.45) is 5.06. The first-order valence-electron chi connectivity index (χ1n) is 12.5. The first-order valence-corrected chi connectivity index (χ1v) is 12.9. The molecule has 3 aromatic carbocycles. The van der Waals surface area contributed by atoms with E-state index in [1.807, 2.05) is 65.0 Å². The summed E-state index contributed by atoms with van der Waals surface area (Å²) in [4.78, 5) is 28.1. The van der Waals surface area contributed by atoms with E-state index >= 15 is 0 Å². The van der Waals surface area contributed by atoms with Crippen LogP contribution in [0.3, 0.4) is 0 Å². The van der Waals surface area contributed by atoms with Crippen LogP contribution in [0.4, 0.5) is 16.3 Å². The lowest BCUT2D eigenvalue weighted by Crippen LogP contribution is -2.45.